The van der Waals surface area contributed by atoms with E-state index in [1.54, 1.807) is 0 Å². The molecule has 1 aromatic rings. The molecule has 2 fully saturated rings. The van der Waals surface area contributed by atoms with Crippen LogP contribution in [0.2, 0.25) is 0 Å². The fourth-order valence-electron chi connectivity index (χ4n) is 3.35. The summed E-state index contributed by atoms with van der Waals surface area (Å²) in [7, 11) is 0. The average Bonchev–Trinajstić information content (AvgIpc) is 3.02. The van der Waals surface area contributed by atoms with Crippen LogP contribution in [0.1, 0.15) is 44.1 Å². The second kappa shape index (κ2) is 5.37. The van der Waals surface area contributed by atoms with Gasteiger partial charge in [-0.2, -0.15) is 0 Å². The van der Waals surface area contributed by atoms with Crippen LogP contribution >= 0.6 is 11.8 Å². The Morgan fingerprint density at radius 1 is 1.32 bits per heavy atom. The molecular weight excluding hydrogens is 254 g/mol. The van der Waals surface area contributed by atoms with Crippen molar-refractivity contribution in [2.45, 2.75) is 62.0 Å². The van der Waals surface area contributed by atoms with E-state index in [1.165, 1.54) is 49.0 Å². The smallest absolute Gasteiger partial charge is 0.0687 e. The van der Waals surface area contributed by atoms with Crippen molar-refractivity contribution in [2.75, 3.05) is 11.5 Å². The standard InChI is InChI=1S/C16H23NOS/c1-12-4-5-13(17)10-15(12)19-11-14-6-9-16(18-14)7-2-3-8-16/h4-5,10,14H,2-3,6-9,11,17H2,1H3. The summed E-state index contributed by atoms with van der Waals surface area (Å²) >= 11 is 1.90. The SMILES string of the molecule is Cc1ccc(N)cc1SCC1CCC2(CCCC2)O1. The monoisotopic (exact) mass is 277 g/mol. The number of nitrogen functional groups attached to an aromatic ring is 1. The molecule has 0 amide bonds. The molecule has 1 saturated heterocycles. The van der Waals surface area contributed by atoms with Crippen LogP contribution in [0, 0.1) is 6.92 Å². The zero-order chi connectivity index (χ0) is 13.3. The van der Waals surface area contributed by atoms with E-state index in [2.05, 4.69) is 19.1 Å². The second-order valence-corrected chi connectivity index (χ2v) is 7.07. The Morgan fingerprint density at radius 3 is 2.89 bits per heavy atom. The summed E-state index contributed by atoms with van der Waals surface area (Å²) in [5.74, 6) is 1.06. The minimum Gasteiger partial charge on any atom is -0.399 e. The van der Waals surface area contributed by atoms with Gasteiger partial charge in [0.25, 0.3) is 0 Å². The number of hydrogen-bond acceptors (Lipinski definition) is 3. The molecule has 1 unspecified atom stereocenters. The van der Waals surface area contributed by atoms with E-state index >= 15 is 0 Å². The quantitative estimate of drug-likeness (QED) is 0.665. The first-order valence-electron chi connectivity index (χ1n) is 7.34. The van der Waals surface area contributed by atoms with E-state index in [9.17, 15) is 0 Å². The van der Waals surface area contributed by atoms with Gasteiger partial charge < -0.3 is 10.5 Å². The molecular formula is C16H23NOS. The molecule has 2 aliphatic rings. The van der Waals surface area contributed by atoms with Gasteiger partial charge in [-0.15, -0.1) is 11.8 Å². The molecule has 2 nitrogen and oxygen atoms in total. The number of rotatable bonds is 3. The highest BCUT2D eigenvalue weighted by Crippen LogP contribution is 2.44. The predicted octanol–water partition coefficient (Wildman–Crippen LogP) is 4.16. The third kappa shape index (κ3) is 2.92. The Morgan fingerprint density at radius 2 is 2.11 bits per heavy atom. The molecule has 1 aromatic carbocycles. The molecule has 0 aromatic heterocycles. The zero-order valence-corrected chi connectivity index (χ0v) is 12.5. The molecule has 19 heavy (non-hydrogen) atoms. The van der Waals surface area contributed by atoms with Crippen LogP contribution < -0.4 is 5.73 Å². The molecule has 104 valence electrons. The maximum absolute atomic E-state index is 6.35. The molecule has 1 heterocycles. The third-order valence-electron chi connectivity index (χ3n) is 4.49. The van der Waals surface area contributed by atoms with Crippen LogP contribution in [-0.2, 0) is 4.74 Å². The molecule has 2 N–H and O–H groups in total. The van der Waals surface area contributed by atoms with Crippen molar-refractivity contribution in [1.82, 2.24) is 0 Å². The zero-order valence-electron chi connectivity index (χ0n) is 11.7. The van der Waals surface area contributed by atoms with Crippen LogP contribution in [0.15, 0.2) is 23.1 Å². The van der Waals surface area contributed by atoms with Gasteiger partial charge in [0.15, 0.2) is 0 Å². The van der Waals surface area contributed by atoms with Crippen LogP contribution in [0.3, 0.4) is 0 Å². The third-order valence-corrected chi connectivity index (χ3v) is 5.78. The Kier molecular flexibility index (Phi) is 3.77. The van der Waals surface area contributed by atoms with Crippen molar-refractivity contribution in [3.63, 3.8) is 0 Å². The largest absolute Gasteiger partial charge is 0.399 e. The number of ether oxygens (including phenoxy) is 1. The van der Waals surface area contributed by atoms with Crippen LogP contribution in [0.4, 0.5) is 5.69 Å². The van der Waals surface area contributed by atoms with Crippen molar-refractivity contribution in [3.8, 4) is 0 Å². The van der Waals surface area contributed by atoms with Crippen molar-refractivity contribution in [1.29, 1.82) is 0 Å². The normalized spacial score (nSPS) is 25.2. The lowest BCUT2D eigenvalue weighted by atomic mass is 9.98. The van der Waals surface area contributed by atoms with E-state index in [0.29, 0.717) is 6.10 Å². The summed E-state index contributed by atoms with van der Waals surface area (Å²) in [6.07, 6.45) is 8.21. The van der Waals surface area contributed by atoms with Gasteiger partial charge in [0.2, 0.25) is 0 Å². The maximum atomic E-state index is 6.35. The number of thioether (sulfide) groups is 1. The molecule has 3 heteroatoms. The molecule has 1 spiro atoms. The van der Waals surface area contributed by atoms with Crippen LogP contribution in [-0.4, -0.2) is 17.5 Å². The second-order valence-electron chi connectivity index (χ2n) is 6.00. The van der Waals surface area contributed by atoms with Gasteiger partial charge in [0.1, 0.15) is 0 Å². The van der Waals surface area contributed by atoms with Gasteiger partial charge in [-0.25, -0.2) is 0 Å². The van der Waals surface area contributed by atoms with Gasteiger partial charge in [0.05, 0.1) is 11.7 Å². The predicted molar refractivity (Wildman–Crippen MR) is 81.6 cm³/mol. The topological polar surface area (TPSA) is 35.2 Å². The molecule has 1 aliphatic carbocycles. The average molecular weight is 277 g/mol. The minimum atomic E-state index is 0.260. The van der Waals surface area contributed by atoms with E-state index in [-0.39, 0.29) is 5.60 Å². The Labute approximate surface area is 120 Å². The number of aryl methyl sites for hydroxylation is 1. The van der Waals surface area contributed by atoms with Crippen LogP contribution in [0.5, 0.6) is 0 Å². The summed E-state index contributed by atoms with van der Waals surface area (Å²) in [6, 6.07) is 6.16. The lowest BCUT2D eigenvalue weighted by molar-refractivity contribution is -0.0267. The fourth-order valence-corrected chi connectivity index (χ4v) is 4.47. The Hall–Kier alpha value is -0.670. The summed E-state index contributed by atoms with van der Waals surface area (Å²) in [5, 5.41) is 0. The number of anilines is 1. The number of benzene rings is 1. The van der Waals surface area contributed by atoms with Gasteiger partial charge >= 0.3 is 0 Å². The number of hydrogen-bond donors (Lipinski definition) is 1. The van der Waals surface area contributed by atoms with Crippen molar-refractivity contribution in [3.05, 3.63) is 23.8 Å². The van der Waals surface area contributed by atoms with Crippen molar-refractivity contribution >= 4 is 17.4 Å². The summed E-state index contributed by atoms with van der Waals surface area (Å²) in [6.45, 7) is 2.15. The van der Waals surface area contributed by atoms with Crippen molar-refractivity contribution in [2.24, 2.45) is 0 Å². The lowest BCUT2D eigenvalue weighted by Gasteiger charge is -2.23. The van der Waals surface area contributed by atoms with Gasteiger partial charge in [-0.3, -0.25) is 0 Å². The highest BCUT2D eigenvalue weighted by atomic mass is 32.2. The van der Waals surface area contributed by atoms with Crippen LogP contribution in [0.25, 0.3) is 0 Å². The molecule has 1 saturated carbocycles. The Bertz CT molecular complexity index is 454. The van der Waals surface area contributed by atoms with E-state index in [4.69, 9.17) is 10.5 Å². The molecule has 1 aliphatic heterocycles. The maximum Gasteiger partial charge on any atom is 0.0687 e. The van der Waals surface area contributed by atoms with E-state index in [1.807, 2.05) is 17.8 Å². The van der Waals surface area contributed by atoms with Crippen molar-refractivity contribution < 1.29 is 4.74 Å². The number of nitrogens with two attached hydrogens (primary N) is 1. The Balaban J connectivity index is 1.57. The van der Waals surface area contributed by atoms with Gasteiger partial charge in [-0.05, 0) is 50.3 Å². The minimum absolute atomic E-state index is 0.260. The summed E-state index contributed by atoms with van der Waals surface area (Å²) in [4.78, 5) is 1.30. The highest BCUT2D eigenvalue weighted by molar-refractivity contribution is 7.99. The highest BCUT2D eigenvalue weighted by Gasteiger charge is 2.41. The molecule has 3 rings (SSSR count). The molecule has 1 atom stereocenters. The van der Waals surface area contributed by atoms with Gasteiger partial charge in [-0.1, -0.05) is 18.9 Å². The van der Waals surface area contributed by atoms with E-state index < -0.39 is 0 Å². The first kappa shape index (κ1) is 13.3. The molecule has 0 radical (unpaired) electrons. The lowest BCUT2D eigenvalue weighted by Crippen LogP contribution is -2.25. The first-order valence-corrected chi connectivity index (χ1v) is 8.32. The first-order chi connectivity index (χ1) is 9.17. The molecule has 0 bridgehead atoms. The van der Waals surface area contributed by atoms with E-state index in [0.717, 1.165) is 11.4 Å². The van der Waals surface area contributed by atoms with Gasteiger partial charge in [0, 0.05) is 16.3 Å². The summed E-state index contributed by atoms with van der Waals surface area (Å²) in [5.41, 5.74) is 8.29. The fraction of sp³-hybridized carbons (Fsp3) is 0.625. The summed E-state index contributed by atoms with van der Waals surface area (Å²) < 4.78 is 6.35.